The molecule has 0 bridgehead atoms. The lowest BCUT2D eigenvalue weighted by molar-refractivity contribution is -0.870. The van der Waals surface area contributed by atoms with E-state index in [0.29, 0.717) is 17.4 Å². The van der Waals surface area contributed by atoms with Crippen molar-refractivity contribution in [2.45, 2.75) is 309 Å². The first-order valence-corrected chi connectivity index (χ1v) is 33.7. The Morgan fingerprint density at radius 3 is 1.06 bits per heavy atom. The van der Waals surface area contributed by atoms with Gasteiger partial charge < -0.3 is 33.3 Å². The Bertz CT molecular complexity index is 1600. The van der Waals surface area contributed by atoms with Gasteiger partial charge in [-0.05, 0) is 89.9 Å². The third kappa shape index (κ3) is 63.9. The highest BCUT2D eigenvalue weighted by Gasteiger charge is 2.22. The number of ether oxygens (including phenoxy) is 4. The zero-order chi connectivity index (χ0) is 59.1. The molecule has 0 fully saturated rings. The normalized spacial score (nSPS) is 13.2. The fourth-order valence-corrected chi connectivity index (χ4v) is 9.48. The predicted molar refractivity (Wildman–Crippen MR) is 343 cm³/mol. The van der Waals surface area contributed by atoms with Crippen LogP contribution in [0.4, 0.5) is 0 Å². The Labute approximate surface area is 500 Å². The maximum Gasteiger partial charge on any atom is 0.306 e. The molecule has 81 heavy (non-hydrogen) atoms. The van der Waals surface area contributed by atoms with Crippen molar-refractivity contribution in [2.75, 3.05) is 47.5 Å². The average Bonchev–Trinajstić information content (AvgIpc) is 3.44. The highest BCUT2D eigenvalue weighted by Crippen LogP contribution is 2.17. The number of aliphatic carboxylic acids is 1. The van der Waals surface area contributed by atoms with Crippen molar-refractivity contribution in [1.29, 1.82) is 0 Å². The third-order valence-corrected chi connectivity index (χ3v) is 14.6. The highest BCUT2D eigenvalue weighted by molar-refractivity contribution is 5.70. The quantitative estimate of drug-likeness (QED) is 0.0195. The van der Waals surface area contributed by atoms with Gasteiger partial charge in [-0.25, -0.2) is 0 Å². The summed E-state index contributed by atoms with van der Waals surface area (Å²) >= 11 is 0. The van der Waals surface area contributed by atoms with Gasteiger partial charge in [-0.2, -0.15) is 0 Å². The second-order valence-corrected chi connectivity index (χ2v) is 23.7. The molecule has 2 atom stereocenters. The van der Waals surface area contributed by atoms with Crippen LogP contribution in [0.3, 0.4) is 0 Å². The number of rotatable bonds is 62. The van der Waals surface area contributed by atoms with Crippen LogP contribution in [0.1, 0.15) is 296 Å². The minimum atomic E-state index is -1.62. The molecule has 0 amide bonds. The molecule has 0 rings (SSSR count). The van der Waals surface area contributed by atoms with E-state index in [1.165, 1.54) is 173 Å². The van der Waals surface area contributed by atoms with E-state index in [-0.39, 0.29) is 38.6 Å². The summed E-state index contributed by atoms with van der Waals surface area (Å²) in [5.41, 5.74) is 0. The van der Waals surface area contributed by atoms with Crippen molar-refractivity contribution in [3.05, 3.63) is 85.1 Å². The number of allylic oxidation sites excluding steroid dienone is 14. The summed E-state index contributed by atoms with van der Waals surface area (Å²) in [6.07, 6.45) is 81.0. The van der Waals surface area contributed by atoms with Crippen LogP contribution in [0.5, 0.6) is 0 Å². The molecule has 0 aromatic rings. The number of carbonyl (C=O) groups excluding carboxylic acids is 3. The molecule has 0 aliphatic heterocycles. The highest BCUT2D eigenvalue weighted by atomic mass is 16.7. The summed E-state index contributed by atoms with van der Waals surface area (Å²) in [5.74, 6) is -2.28. The summed E-state index contributed by atoms with van der Waals surface area (Å²) in [5, 5.41) is 11.8. The molecular weight excluding hydrogens is 1010 g/mol. The summed E-state index contributed by atoms with van der Waals surface area (Å²) < 4.78 is 22.7. The number of likely N-dealkylation sites (N-methyl/N-ethyl adjacent to an activating group) is 1. The molecule has 9 nitrogen and oxygen atoms in total. The van der Waals surface area contributed by atoms with E-state index in [9.17, 15) is 19.5 Å². The van der Waals surface area contributed by atoms with Crippen LogP contribution in [0, 0.1) is 0 Å². The van der Waals surface area contributed by atoms with Crippen molar-refractivity contribution in [2.24, 2.45) is 0 Å². The molecule has 2 unspecified atom stereocenters. The van der Waals surface area contributed by atoms with Crippen LogP contribution >= 0.6 is 0 Å². The van der Waals surface area contributed by atoms with Crippen molar-refractivity contribution in [3.8, 4) is 0 Å². The number of nitrogens with zero attached hydrogens (tertiary/aromatic N) is 1. The van der Waals surface area contributed by atoms with E-state index in [2.05, 4.69) is 98.9 Å². The largest absolute Gasteiger partial charge is 0.545 e. The van der Waals surface area contributed by atoms with E-state index >= 15 is 0 Å². The molecule has 0 saturated carbocycles. The first-order valence-electron chi connectivity index (χ1n) is 33.7. The molecule has 0 N–H and O–H groups in total. The van der Waals surface area contributed by atoms with E-state index in [0.717, 1.165) is 89.9 Å². The van der Waals surface area contributed by atoms with Gasteiger partial charge in [0.15, 0.2) is 12.4 Å². The molecule has 0 spiro atoms. The summed E-state index contributed by atoms with van der Waals surface area (Å²) in [7, 11) is 5.93. The summed E-state index contributed by atoms with van der Waals surface area (Å²) in [6.45, 7) is 4.64. The predicted octanol–water partition coefficient (Wildman–Crippen LogP) is 19.4. The Morgan fingerprint density at radius 2 is 0.704 bits per heavy atom. The van der Waals surface area contributed by atoms with Gasteiger partial charge >= 0.3 is 11.9 Å². The monoisotopic (exact) mass is 1130 g/mol. The van der Waals surface area contributed by atoms with Crippen LogP contribution in [0.15, 0.2) is 85.1 Å². The number of carbonyl (C=O) groups is 3. The fraction of sp³-hybridized carbons (Fsp3) is 0.764. The van der Waals surface area contributed by atoms with Crippen molar-refractivity contribution < 1.29 is 42.9 Å². The second-order valence-electron chi connectivity index (χ2n) is 23.7. The van der Waals surface area contributed by atoms with Gasteiger partial charge in [0, 0.05) is 12.8 Å². The molecule has 468 valence electrons. The zero-order valence-electron chi connectivity index (χ0n) is 53.4. The lowest BCUT2D eigenvalue weighted by Gasteiger charge is -2.26. The molecule has 9 heteroatoms. The van der Waals surface area contributed by atoms with E-state index in [4.69, 9.17) is 18.9 Å². The number of carboxylic acids is 1. The number of quaternary nitrogens is 1. The number of hydrogen-bond acceptors (Lipinski definition) is 8. The van der Waals surface area contributed by atoms with E-state index in [1.54, 1.807) is 0 Å². The minimum absolute atomic E-state index is 0.146. The Balaban J connectivity index is 3.97. The standard InChI is InChI=1S/C72H127NO8/c1-6-8-10-12-14-16-18-20-22-23-24-25-26-27-28-29-30-31-32-33-34-35-36-37-38-39-40-41-42-43-44-45-46-47-49-51-53-55-57-59-61-63-70(75)81-68(67-80-72(71(76)77)78-65-64-73(3,4)5)66-79-69(74)62-60-58-56-54-52-50-48-21-19-17-15-13-11-9-7-2/h8,10,14,16,20-22,24-25,27-28,30-31,48,68,72H,6-7,9,11-13,15,17-19,23,26,29,32-47,49-67H2,1-5H3/b10-8-,16-14-,22-20-,25-24-,28-27-,31-30-,48-21-. The van der Waals surface area contributed by atoms with E-state index in [1.807, 2.05) is 21.1 Å². The Kier molecular flexibility index (Phi) is 59.8. The fourth-order valence-electron chi connectivity index (χ4n) is 9.48. The number of unbranched alkanes of at least 4 members (excludes halogenated alkanes) is 33. The first-order chi connectivity index (χ1) is 39.6. The van der Waals surface area contributed by atoms with Crippen molar-refractivity contribution in [1.82, 2.24) is 0 Å². The van der Waals surface area contributed by atoms with Gasteiger partial charge in [0.2, 0.25) is 0 Å². The van der Waals surface area contributed by atoms with Crippen LogP contribution in [-0.4, -0.2) is 82.3 Å². The number of esters is 2. The molecule has 0 radical (unpaired) electrons. The van der Waals surface area contributed by atoms with Gasteiger partial charge in [0.25, 0.3) is 0 Å². The SMILES string of the molecule is CC/C=C\C/C=C\C/C=C\C/C=C\C/C=C\C/C=C\CCCCCCCCCCCCCCCCCCCCCCCCC(=O)OC(COC(=O)CCCCCCC/C=C\CCCCCCCC)COC(OCC[N+](C)(C)C)C(=O)[O-]. The summed E-state index contributed by atoms with van der Waals surface area (Å²) in [4.78, 5) is 37.3. The number of carboxylic acid groups (broad SMARTS) is 1. The van der Waals surface area contributed by atoms with Crippen molar-refractivity contribution in [3.63, 3.8) is 0 Å². The summed E-state index contributed by atoms with van der Waals surface area (Å²) in [6, 6.07) is 0. The van der Waals surface area contributed by atoms with Gasteiger partial charge in [0.1, 0.15) is 13.2 Å². The van der Waals surface area contributed by atoms with Gasteiger partial charge in [-0.3, -0.25) is 9.59 Å². The lowest BCUT2D eigenvalue weighted by Crippen LogP contribution is -2.44. The molecule has 0 aromatic carbocycles. The Hall–Kier alpha value is -3.53. The third-order valence-electron chi connectivity index (χ3n) is 14.6. The van der Waals surface area contributed by atoms with Crippen molar-refractivity contribution >= 4 is 17.9 Å². The molecular formula is C72H127NO8. The molecule has 0 aliphatic carbocycles. The van der Waals surface area contributed by atoms with Crippen LogP contribution in [0.25, 0.3) is 0 Å². The average molecular weight is 1130 g/mol. The van der Waals surface area contributed by atoms with Gasteiger partial charge in [-0.15, -0.1) is 0 Å². The maximum absolute atomic E-state index is 12.9. The molecule has 0 aliphatic rings. The zero-order valence-corrected chi connectivity index (χ0v) is 53.4. The molecule has 0 heterocycles. The van der Waals surface area contributed by atoms with Crippen LogP contribution < -0.4 is 5.11 Å². The molecule has 0 saturated heterocycles. The number of hydrogen-bond donors (Lipinski definition) is 0. The first kappa shape index (κ1) is 77.5. The second kappa shape index (κ2) is 62.5. The van der Waals surface area contributed by atoms with Gasteiger partial charge in [0.05, 0.1) is 40.3 Å². The van der Waals surface area contributed by atoms with Crippen LogP contribution in [-0.2, 0) is 33.3 Å². The van der Waals surface area contributed by atoms with Gasteiger partial charge in [-0.1, -0.05) is 279 Å². The minimum Gasteiger partial charge on any atom is -0.545 e. The van der Waals surface area contributed by atoms with E-state index < -0.39 is 24.3 Å². The van der Waals surface area contributed by atoms with Crippen LogP contribution in [0.2, 0.25) is 0 Å². The maximum atomic E-state index is 12.9. The Morgan fingerprint density at radius 1 is 0.383 bits per heavy atom. The smallest absolute Gasteiger partial charge is 0.306 e. The molecule has 0 aromatic heterocycles. The topological polar surface area (TPSA) is 111 Å². The lowest BCUT2D eigenvalue weighted by atomic mass is 10.0.